The summed E-state index contributed by atoms with van der Waals surface area (Å²) in [6, 6.07) is 7.72. The number of hydrogen-bond donors (Lipinski definition) is 0. The SMILES string of the molecule is CC1=CC(c2ccco2)=[C-]C1C.CC1=CC(c2ccco2)=[C-]C1C.Cl.Cl.[CH3-].[CH3-].[SiH2]=[Ti]. The van der Waals surface area contributed by atoms with Gasteiger partial charge in [0, 0.05) is 11.5 Å². The van der Waals surface area contributed by atoms with E-state index in [0.717, 1.165) is 22.7 Å². The van der Waals surface area contributed by atoms with Crippen LogP contribution in [0, 0.1) is 38.8 Å². The summed E-state index contributed by atoms with van der Waals surface area (Å²) in [6.45, 7) is 8.52. The van der Waals surface area contributed by atoms with Crippen LogP contribution in [0.4, 0.5) is 0 Å². The van der Waals surface area contributed by atoms with E-state index in [0.29, 0.717) is 11.8 Å². The van der Waals surface area contributed by atoms with E-state index in [-0.39, 0.29) is 39.7 Å². The summed E-state index contributed by atoms with van der Waals surface area (Å²) in [5, 5.41) is 0. The molecule has 4 rings (SSSR count). The monoisotopic (exact) mass is 498 g/mol. The molecule has 2 unspecified atom stereocenters. The molecule has 0 aromatic carbocycles. The maximum atomic E-state index is 5.27. The first-order valence-electron chi connectivity index (χ1n) is 8.61. The van der Waals surface area contributed by atoms with Crippen LogP contribution < -0.4 is 0 Å². The number of hydrogen-bond acceptors (Lipinski definition) is 2. The zero-order valence-electron chi connectivity index (χ0n) is 18.6. The van der Waals surface area contributed by atoms with Crippen molar-refractivity contribution >= 4 is 43.6 Å². The van der Waals surface area contributed by atoms with Crippen LogP contribution in [0.5, 0.6) is 0 Å². The van der Waals surface area contributed by atoms with Crippen molar-refractivity contribution in [2.45, 2.75) is 27.7 Å². The van der Waals surface area contributed by atoms with Gasteiger partial charge in [0.2, 0.25) is 0 Å². The topological polar surface area (TPSA) is 26.3 Å². The van der Waals surface area contributed by atoms with Gasteiger partial charge < -0.3 is 23.7 Å². The van der Waals surface area contributed by atoms with Crippen LogP contribution in [0.1, 0.15) is 39.2 Å². The predicted octanol–water partition coefficient (Wildman–Crippen LogP) is 6.95. The third-order valence-electron chi connectivity index (χ3n) is 4.43. The second-order valence-electron chi connectivity index (χ2n) is 6.29. The summed E-state index contributed by atoms with van der Waals surface area (Å²) in [5.74, 6) is 2.70. The molecule has 0 N–H and O–H groups in total. The van der Waals surface area contributed by atoms with Gasteiger partial charge in [0.25, 0.3) is 0 Å². The van der Waals surface area contributed by atoms with Gasteiger partial charge in [0.1, 0.15) is 0 Å². The fourth-order valence-electron chi connectivity index (χ4n) is 2.63. The molecule has 2 aromatic heterocycles. The van der Waals surface area contributed by atoms with Crippen molar-refractivity contribution < 1.29 is 28.0 Å². The molecular weight excluding hydrogens is 467 g/mol. The summed E-state index contributed by atoms with van der Waals surface area (Å²) in [4.78, 5) is 0. The van der Waals surface area contributed by atoms with Crippen molar-refractivity contribution in [1.82, 2.24) is 0 Å². The molecule has 2 aliphatic carbocycles. The Kier molecular flexibility index (Phi) is 18.7. The molecule has 0 amide bonds. The van der Waals surface area contributed by atoms with E-state index in [2.05, 4.69) is 52.0 Å². The number of furan rings is 2. The van der Waals surface area contributed by atoms with Crippen LogP contribution in [0.25, 0.3) is 11.1 Å². The first kappa shape index (κ1) is 33.7. The fraction of sp³-hybridized carbons (Fsp3) is 0.250. The molecule has 2 atom stereocenters. The Morgan fingerprint density at radius 2 is 1.10 bits per heavy atom. The molecule has 2 heterocycles. The first-order valence-corrected chi connectivity index (χ1v) is 12.6. The van der Waals surface area contributed by atoms with Gasteiger partial charge >= 0.3 is 26.8 Å². The Hall–Kier alpha value is -0.969. The molecule has 166 valence electrons. The van der Waals surface area contributed by atoms with E-state index >= 15 is 0 Å². The molecule has 2 aliphatic rings. The predicted molar refractivity (Wildman–Crippen MR) is 132 cm³/mol. The molecule has 2 nitrogen and oxygen atoms in total. The second-order valence-corrected chi connectivity index (χ2v) is 6.29. The zero-order chi connectivity index (χ0) is 19.1. The first-order chi connectivity index (χ1) is 12.5. The minimum atomic E-state index is 0. The standard InChI is InChI=1S/2C11H11O.2CH3.2ClH.H2Si.Ti/c2*1-8-6-10(7-9(8)2)11-4-3-5-12-11;;;;;;/h2*3-6,9H,1-2H3;2*1H3;2*1H;1H2;/q4*-1;;;;. The molecular formula is C24H32Cl2O2SiTi-4. The van der Waals surface area contributed by atoms with Gasteiger partial charge in [-0.15, -0.1) is 36.0 Å². The molecule has 0 radical (unpaired) electrons. The third-order valence-corrected chi connectivity index (χ3v) is 4.43. The fourth-order valence-corrected chi connectivity index (χ4v) is 2.63. The quantitative estimate of drug-likeness (QED) is 0.330. The van der Waals surface area contributed by atoms with Gasteiger partial charge in [-0.1, -0.05) is 51.7 Å². The molecule has 0 fully saturated rings. The van der Waals surface area contributed by atoms with Crippen molar-refractivity contribution in [3.8, 4) is 0 Å². The van der Waals surface area contributed by atoms with Gasteiger partial charge in [-0.25, -0.2) is 0 Å². The summed E-state index contributed by atoms with van der Waals surface area (Å²) < 4.78 is 10.5. The van der Waals surface area contributed by atoms with Gasteiger partial charge in [0.15, 0.2) is 0 Å². The van der Waals surface area contributed by atoms with Gasteiger partial charge in [0.05, 0.1) is 12.5 Å². The molecule has 0 aliphatic heterocycles. The van der Waals surface area contributed by atoms with Crippen LogP contribution >= 0.6 is 24.8 Å². The van der Waals surface area contributed by atoms with Crippen LogP contribution in [0.15, 0.2) is 68.9 Å². The number of allylic oxidation sites excluding steroid dienone is 8. The van der Waals surface area contributed by atoms with Crippen molar-refractivity contribution in [3.63, 3.8) is 0 Å². The molecule has 0 spiro atoms. The van der Waals surface area contributed by atoms with E-state index in [4.69, 9.17) is 8.83 Å². The maximum absolute atomic E-state index is 5.27. The molecule has 30 heavy (non-hydrogen) atoms. The average molecular weight is 499 g/mol. The Morgan fingerprint density at radius 1 is 0.767 bits per heavy atom. The van der Waals surface area contributed by atoms with E-state index < -0.39 is 0 Å². The van der Waals surface area contributed by atoms with Crippen molar-refractivity contribution in [2.75, 3.05) is 0 Å². The summed E-state index contributed by atoms with van der Waals surface area (Å²) in [7, 11) is 1.86. The normalized spacial score (nSPS) is 18.0. The van der Waals surface area contributed by atoms with Gasteiger partial charge in [-0.3, -0.25) is 0 Å². The number of rotatable bonds is 2. The van der Waals surface area contributed by atoms with Crippen LogP contribution in [-0.4, -0.2) is 7.63 Å². The van der Waals surface area contributed by atoms with Gasteiger partial charge in [-0.05, 0) is 12.1 Å². The van der Waals surface area contributed by atoms with Crippen LogP contribution in [-0.2, 0) is 19.2 Å². The average Bonchev–Trinajstić information content (AvgIpc) is 3.42. The molecule has 0 saturated carbocycles. The zero-order valence-corrected chi connectivity index (χ0v) is 23.2. The van der Waals surface area contributed by atoms with E-state index in [9.17, 15) is 0 Å². The van der Waals surface area contributed by atoms with Crippen molar-refractivity contribution in [1.29, 1.82) is 0 Å². The summed E-state index contributed by atoms with van der Waals surface area (Å²) >= 11 is 2.03. The summed E-state index contributed by atoms with van der Waals surface area (Å²) in [6.07, 6.45) is 14.3. The minimum absolute atomic E-state index is 0. The third kappa shape index (κ3) is 9.03. The summed E-state index contributed by atoms with van der Waals surface area (Å²) in [5.41, 5.74) is 4.87. The number of halogens is 2. The van der Waals surface area contributed by atoms with E-state index in [1.54, 1.807) is 12.5 Å². The molecule has 0 saturated heterocycles. The van der Waals surface area contributed by atoms with Crippen molar-refractivity contribution in [2.24, 2.45) is 11.8 Å². The molecule has 6 heteroatoms. The molecule has 0 bridgehead atoms. The van der Waals surface area contributed by atoms with Gasteiger partial charge in [-0.2, -0.15) is 35.5 Å². The molecule has 2 aromatic rings. The Balaban J connectivity index is -0.000000400. The van der Waals surface area contributed by atoms with E-state index in [1.165, 1.54) is 11.1 Å². The Labute approximate surface area is 208 Å². The Morgan fingerprint density at radius 3 is 1.30 bits per heavy atom. The van der Waals surface area contributed by atoms with Crippen molar-refractivity contribution in [3.05, 3.63) is 98.6 Å². The second kappa shape index (κ2) is 16.7. The van der Waals surface area contributed by atoms with E-state index in [1.807, 2.05) is 51.1 Å². The van der Waals surface area contributed by atoms with Crippen LogP contribution in [0.3, 0.4) is 0 Å². The van der Waals surface area contributed by atoms with Crippen LogP contribution in [0.2, 0.25) is 0 Å². The Bertz CT molecular complexity index is 764.